The molecule has 0 radical (unpaired) electrons. The van der Waals surface area contributed by atoms with E-state index in [0.29, 0.717) is 31.9 Å². The van der Waals surface area contributed by atoms with E-state index in [1.54, 1.807) is 18.2 Å². The van der Waals surface area contributed by atoms with Gasteiger partial charge in [-0.3, -0.25) is 12.6 Å². The number of phenols is 3. The fraction of sp³-hybridized carbons (Fsp3) is 0.143. The van der Waals surface area contributed by atoms with Crippen molar-refractivity contribution >= 4 is 32.4 Å². The third-order valence-electron chi connectivity index (χ3n) is 4.48. The van der Waals surface area contributed by atoms with Crippen LogP contribution in [0.4, 0.5) is 0 Å². The summed E-state index contributed by atoms with van der Waals surface area (Å²) < 4.78 is 48.3. The molecule has 0 aliphatic carbocycles. The summed E-state index contributed by atoms with van der Waals surface area (Å²) in [6.07, 6.45) is 0. The number of phenolic OH excluding ortho intramolecular Hbond substituents is 3. The van der Waals surface area contributed by atoms with Crippen LogP contribution in [0.5, 0.6) is 34.5 Å². The van der Waals surface area contributed by atoms with Crippen LogP contribution in [0.3, 0.4) is 0 Å². The third-order valence-corrected chi connectivity index (χ3v) is 7.96. The lowest BCUT2D eigenvalue weighted by molar-refractivity contribution is 0.389. The second-order valence-electron chi connectivity index (χ2n) is 6.72. The van der Waals surface area contributed by atoms with Gasteiger partial charge in [-0.15, -0.1) is 0 Å². The summed E-state index contributed by atoms with van der Waals surface area (Å²) in [6, 6.07) is 13.8. The first kappa shape index (κ1) is 23.1. The van der Waals surface area contributed by atoms with Gasteiger partial charge in [0.1, 0.15) is 34.5 Å². The van der Waals surface area contributed by atoms with Crippen molar-refractivity contribution in [2.24, 2.45) is 0 Å². The quantitative estimate of drug-likeness (QED) is 0.416. The van der Waals surface area contributed by atoms with Crippen LogP contribution >= 0.6 is 0 Å². The van der Waals surface area contributed by atoms with E-state index < -0.39 is 32.4 Å². The molecule has 3 atom stereocenters. The third kappa shape index (κ3) is 5.29. The highest BCUT2D eigenvalue weighted by Crippen LogP contribution is 2.33. The van der Waals surface area contributed by atoms with Gasteiger partial charge in [-0.25, -0.2) is 0 Å². The van der Waals surface area contributed by atoms with E-state index in [0.717, 1.165) is 0 Å². The van der Waals surface area contributed by atoms with Crippen molar-refractivity contribution in [1.29, 1.82) is 0 Å². The highest BCUT2D eigenvalue weighted by atomic mass is 32.2. The Balaban J connectivity index is 0.000000118. The molecule has 9 nitrogen and oxygen atoms in total. The second kappa shape index (κ2) is 9.81. The molecule has 3 heterocycles. The molecule has 0 bridgehead atoms. The molecule has 3 N–H and O–H groups in total. The van der Waals surface area contributed by atoms with Crippen LogP contribution in [-0.2, 0) is 32.4 Å². The van der Waals surface area contributed by atoms with Crippen LogP contribution in [0.15, 0.2) is 69.3 Å². The minimum Gasteiger partial charge on any atom is -0.508 e. The van der Waals surface area contributed by atoms with E-state index >= 15 is 0 Å². The van der Waals surface area contributed by atoms with Gasteiger partial charge in [-0.05, 0) is 36.4 Å². The molecule has 6 rings (SSSR count). The van der Waals surface area contributed by atoms with Gasteiger partial charge in [0, 0.05) is 18.2 Å². The Kier molecular flexibility index (Phi) is 6.86. The lowest BCUT2D eigenvalue weighted by Gasteiger charge is -1.95. The average molecular weight is 511 g/mol. The SMILES string of the molecule is O=S1COc2cc(O)ccc21.O=[S@@]1COc2cc(O)ccc21.O=[S@]1COc2cc(O)ccc21. The molecular weight excluding hydrogens is 492 g/mol. The Bertz CT molecular complexity index is 1120. The maximum Gasteiger partial charge on any atom is 0.167 e. The van der Waals surface area contributed by atoms with Crippen LogP contribution in [-0.4, -0.2) is 45.8 Å². The van der Waals surface area contributed by atoms with Crippen LogP contribution in [0.25, 0.3) is 0 Å². The van der Waals surface area contributed by atoms with Crippen LogP contribution in [0.2, 0.25) is 0 Å². The summed E-state index contributed by atoms with van der Waals surface area (Å²) in [7, 11) is -3.12. The zero-order chi connectivity index (χ0) is 23.5. The topological polar surface area (TPSA) is 140 Å². The van der Waals surface area contributed by atoms with Crippen molar-refractivity contribution in [3.8, 4) is 34.5 Å². The maximum absolute atomic E-state index is 11.1. The molecule has 3 aromatic carbocycles. The standard InChI is InChI=1S/3C7H6O3S/c3*8-5-1-2-7-6(3-5)10-4-11(7)9/h3*1-3,8H,4H2/t2*11-;/m10./s1. The minimum atomic E-state index is -1.04. The van der Waals surface area contributed by atoms with Crippen molar-refractivity contribution in [1.82, 2.24) is 0 Å². The normalized spacial score (nSPS) is 20.9. The monoisotopic (exact) mass is 510 g/mol. The maximum atomic E-state index is 11.1. The molecule has 0 spiro atoms. The van der Waals surface area contributed by atoms with Gasteiger partial charge in [-0.1, -0.05) is 0 Å². The van der Waals surface area contributed by atoms with E-state index in [2.05, 4.69) is 0 Å². The molecule has 33 heavy (non-hydrogen) atoms. The second-order valence-corrected chi connectivity index (χ2v) is 10.8. The predicted molar refractivity (Wildman–Crippen MR) is 120 cm³/mol. The summed E-state index contributed by atoms with van der Waals surface area (Å²) in [4.78, 5) is 2.01. The zero-order valence-corrected chi connectivity index (χ0v) is 19.3. The van der Waals surface area contributed by atoms with Gasteiger partial charge in [0.15, 0.2) is 17.8 Å². The molecule has 3 aliphatic heterocycles. The van der Waals surface area contributed by atoms with Crippen LogP contribution < -0.4 is 14.2 Å². The summed E-state index contributed by atoms with van der Waals surface area (Å²) in [5, 5.41) is 27.0. The number of ether oxygens (including phenoxy) is 3. The molecule has 3 aromatic rings. The number of benzene rings is 3. The van der Waals surface area contributed by atoms with Gasteiger partial charge in [0.2, 0.25) is 0 Å². The van der Waals surface area contributed by atoms with Crippen molar-refractivity contribution in [2.45, 2.75) is 14.7 Å². The summed E-state index contributed by atoms with van der Waals surface area (Å²) in [5.74, 6) is 2.64. The molecule has 0 saturated heterocycles. The lowest BCUT2D eigenvalue weighted by Crippen LogP contribution is -1.91. The predicted octanol–water partition coefficient (Wildman–Crippen LogP) is 2.55. The Labute approximate surface area is 195 Å². The molecule has 12 heteroatoms. The number of rotatable bonds is 0. The Morgan fingerprint density at radius 3 is 1.06 bits per heavy atom. The number of fused-ring (bicyclic) bond motifs is 3. The first-order valence-corrected chi connectivity index (χ1v) is 13.3. The van der Waals surface area contributed by atoms with Crippen LogP contribution in [0.1, 0.15) is 0 Å². The van der Waals surface area contributed by atoms with E-state index in [1.165, 1.54) is 36.4 Å². The van der Waals surface area contributed by atoms with Gasteiger partial charge in [-0.2, -0.15) is 0 Å². The van der Waals surface area contributed by atoms with Crippen molar-refractivity contribution in [2.75, 3.05) is 17.8 Å². The van der Waals surface area contributed by atoms with Crippen molar-refractivity contribution in [3.05, 3.63) is 54.6 Å². The minimum absolute atomic E-state index is 0.141. The molecule has 0 aromatic heterocycles. The first-order chi connectivity index (χ1) is 15.8. The summed E-state index contributed by atoms with van der Waals surface area (Å²) >= 11 is 0. The Hall–Kier alpha value is -3.09. The summed E-state index contributed by atoms with van der Waals surface area (Å²) in [6.45, 7) is 0. The van der Waals surface area contributed by atoms with Crippen molar-refractivity contribution in [3.63, 3.8) is 0 Å². The van der Waals surface area contributed by atoms with Gasteiger partial charge >= 0.3 is 0 Å². The van der Waals surface area contributed by atoms with E-state index in [1.807, 2.05) is 0 Å². The Morgan fingerprint density at radius 1 is 0.515 bits per heavy atom. The van der Waals surface area contributed by atoms with E-state index in [4.69, 9.17) is 29.5 Å². The summed E-state index contributed by atoms with van der Waals surface area (Å²) in [5.41, 5.74) is 0. The molecular formula is C21H18O9S3. The molecule has 3 aliphatic rings. The molecule has 0 fully saturated rings. The van der Waals surface area contributed by atoms with Gasteiger partial charge in [0.25, 0.3) is 0 Å². The van der Waals surface area contributed by atoms with Crippen LogP contribution in [0, 0.1) is 0 Å². The van der Waals surface area contributed by atoms with E-state index in [9.17, 15) is 12.6 Å². The fourth-order valence-electron chi connectivity index (χ4n) is 2.93. The number of hydrogen-bond acceptors (Lipinski definition) is 9. The zero-order valence-electron chi connectivity index (χ0n) is 16.8. The lowest BCUT2D eigenvalue weighted by atomic mass is 10.3. The van der Waals surface area contributed by atoms with E-state index in [-0.39, 0.29) is 35.1 Å². The number of aromatic hydroxyl groups is 3. The highest BCUT2D eigenvalue weighted by molar-refractivity contribution is 7.85. The largest absolute Gasteiger partial charge is 0.508 e. The van der Waals surface area contributed by atoms with Gasteiger partial charge < -0.3 is 29.5 Å². The smallest absolute Gasteiger partial charge is 0.167 e. The van der Waals surface area contributed by atoms with Crippen molar-refractivity contribution < 1.29 is 42.2 Å². The molecule has 0 amide bonds. The molecule has 174 valence electrons. The molecule has 1 unspecified atom stereocenters. The first-order valence-electron chi connectivity index (χ1n) is 9.34. The average Bonchev–Trinajstić information content (AvgIpc) is 3.46. The van der Waals surface area contributed by atoms with Gasteiger partial charge in [0.05, 0.1) is 47.1 Å². The molecule has 0 saturated carbocycles. The number of hydrogen-bond donors (Lipinski definition) is 3. The Morgan fingerprint density at radius 2 is 0.788 bits per heavy atom. The fourth-order valence-corrected chi connectivity index (χ4v) is 5.70. The highest BCUT2D eigenvalue weighted by Gasteiger charge is 2.20.